The third kappa shape index (κ3) is 3.78. The smallest absolute Gasteiger partial charge is 0.276 e. The molecule has 0 N–H and O–H groups in total. The Bertz CT molecular complexity index is 754. The van der Waals surface area contributed by atoms with Crippen molar-refractivity contribution < 1.29 is 18.8 Å². The van der Waals surface area contributed by atoms with Gasteiger partial charge in [-0.05, 0) is 30.5 Å². The van der Waals surface area contributed by atoms with E-state index in [2.05, 4.69) is 19.0 Å². The lowest BCUT2D eigenvalue weighted by Crippen LogP contribution is -2.30. The van der Waals surface area contributed by atoms with Gasteiger partial charge in [-0.25, -0.2) is 0 Å². The second kappa shape index (κ2) is 7.17. The Morgan fingerprint density at radius 3 is 2.60 bits per heavy atom. The van der Waals surface area contributed by atoms with Crippen molar-refractivity contribution in [2.24, 2.45) is 5.92 Å². The van der Waals surface area contributed by atoms with Gasteiger partial charge in [-0.1, -0.05) is 25.1 Å². The van der Waals surface area contributed by atoms with Crippen LogP contribution in [0.25, 0.3) is 0 Å². The van der Waals surface area contributed by atoms with Gasteiger partial charge >= 0.3 is 0 Å². The average molecular weight is 344 g/mol. The zero-order chi connectivity index (χ0) is 18.0. The predicted molar refractivity (Wildman–Crippen MR) is 93.0 cm³/mol. The van der Waals surface area contributed by atoms with E-state index >= 15 is 0 Å². The number of benzene rings is 1. The molecule has 1 aromatic heterocycles. The van der Waals surface area contributed by atoms with E-state index in [0.29, 0.717) is 24.8 Å². The highest BCUT2D eigenvalue weighted by molar-refractivity contribution is 5.92. The first-order valence-electron chi connectivity index (χ1n) is 8.58. The fraction of sp³-hybridized carbons (Fsp3) is 0.474. The number of aromatic nitrogens is 1. The van der Waals surface area contributed by atoms with Gasteiger partial charge in [-0.2, -0.15) is 0 Å². The number of hydrogen-bond donors (Lipinski definition) is 0. The molecule has 0 radical (unpaired) electrons. The second-order valence-corrected chi connectivity index (χ2v) is 6.77. The molecule has 0 fully saturated rings. The minimum Gasteiger partial charge on any atom is -0.486 e. The van der Waals surface area contributed by atoms with Crippen LogP contribution in [0.3, 0.4) is 0 Å². The molecular weight excluding hydrogens is 320 g/mol. The molecule has 1 aliphatic rings. The third-order valence-electron chi connectivity index (χ3n) is 4.34. The summed E-state index contributed by atoms with van der Waals surface area (Å²) >= 11 is 0. The number of ether oxygens (including phenoxy) is 2. The van der Waals surface area contributed by atoms with E-state index in [-0.39, 0.29) is 11.9 Å². The molecule has 1 atom stereocenters. The van der Waals surface area contributed by atoms with Gasteiger partial charge in [0.1, 0.15) is 19.0 Å². The molecule has 1 aliphatic heterocycles. The summed E-state index contributed by atoms with van der Waals surface area (Å²) in [4.78, 5) is 14.3. The van der Waals surface area contributed by atoms with Gasteiger partial charge in [-0.3, -0.25) is 4.79 Å². The minimum absolute atomic E-state index is 0.131. The summed E-state index contributed by atoms with van der Waals surface area (Å²) in [6.45, 7) is 7.26. The summed E-state index contributed by atoms with van der Waals surface area (Å²) < 4.78 is 16.4. The first-order chi connectivity index (χ1) is 12.0. The fourth-order valence-electron chi connectivity index (χ4n) is 2.81. The molecule has 0 saturated heterocycles. The lowest BCUT2D eigenvalue weighted by atomic mass is 10.1. The van der Waals surface area contributed by atoms with Crippen LogP contribution in [0.5, 0.6) is 11.5 Å². The highest BCUT2D eigenvalue weighted by Gasteiger charge is 2.23. The van der Waals surface area contributed by atoms with Crippen LogP contribution in [-0.2, 0) is 6.42 Å². The molecule has 0 bridgehead atoms. The molecule has 2 heterocycles. The van der Waals surface area contributed by atoms with Crippen molar-refractivity contribution in [2.45, 2.75) is 33.2 Å². The number of amides is 1. The standard InChI is InChI=1S/C19H24N2O4/c1-12(2)9-15-11-16(20-25-15)19(22)21(4)13(3)14-5-6-17-18(10-14)24-8-7-23-17/h5-6,10-13H,7-9H2,1-4H3. The van der Waals surface area contributed by atoms with Gasteiger partial charge in [0.2, 0.25) is 0 Å². The molecule has 3 rings (SSSR count). The maximum Gasteiger partial charge on any atom is 0.276 e. The van der Waals surface area contributed by atoms with Crippen molar-refractivity contribution in [1.82, 2.24) is 10.1 Å². The highest BCUT2D eigenvalue weighted by Crippen LogP contribution is 2.34. The Hall–Kier alpha value is -2.50. The molecule has 1 amide bonds. The van der Waals surface area contributed by atoms with Crippen molar-refractivity contribution in [3.8, 4) is 11.5 Å². The van der Waals surface area contributed by atoms with E-state index in [4.69, 9.17) is 14.0 Å². The predicted octanol–water partition coefficient (Wildman–Crippen LogP) is 3.48. The number of rotatable bonds is 5. The number of carbonyl (C=O) groups excluding carboxylic acids is 1. The highest BCUT2D eigenvalue weighted by atomic mass is 16.6. The molecule has 6 heteroatoms. The summed E-state index contributed by atoms with van der Waals surface area (Å²) in [6, 6.07) is 7.36. The number of fused-ring (bicyclic) bond motifs is 1. The lowest BCUT2D eigenvalue weighted by molar-refractivity contribution is 0.0731. The molecular formula is C19H24N2O4. The minimum atomic E-state index is -0.166. The van der Waals surface area contributed by atoms with E-state index in [1.54, 1.807) is 18.0 Å². The van der Waals surface area contributed by atoms with Crippen LogP contribution < -0.4 is 9.47 Å². The van der Waals surface area contributed by atoms with Crippen LogP contribution in [0.2, 0.25) is 0 Å². The fourth-order valence-corrected chi connectivity index (χ4v) is 2.81. The third-order valence-corrected chi connectivity index (χ3v) is 4.34. The average Bonchev–Trinajstić information content (AvgIpc) is 3.07. The quantitative estimate of drug-likeness (QED) is 0.831. The Kier molecular flexibility index (Phi) is 4.97. The van der Waals surface area contributed by atoms with Crippen molar-refractivity contribution in [3.63, 3.8) is 0 Å². The Morgan fingerprint density at radius 1 is 1.16 bits per heavy atom. The Balaban J connectivity index is 1.74. The molecule has 0 spiro atoms. The van der Waals surface area contributed by atoms with Crippen molar-refractivity contribution >= 4 is 5.91 Å². The van der Waals surface area contributed by atoms with E-state index in [0.717, 1.165) is 29.2 Å². The molecule has 0 saturated carbocycles. The molecule has 25 heavy (non-hydrogen) atoms. The largest absolute Gasteiger partial charge is 0.486 e. The Labute approximate surface area is 147 Å². The van der Waals surface area contributed by atoms with E-state index < -0.39 is 0 Å². The summed E-state index contributed by atoms with van der Waals surface area (Å²) in [7, 11) is 1.76. The summed E-state index contributed by atoms with van der Waals surface area (Å²) in [5.41, 5.74) is 1.31. The van der Waals surface area contributed by atoms with E-state index in [1.165, 1.54) is 0 Å². The Morgan fingerprint density at radius 2 is 1.88 bits per heavy atom. The van der Waals surface area contributed by atoms with Crippen LogP contribution in [0, 0.1) is 5.92 Å². The van der Waals surface area contributed by atoms with E-state index in [9.17, 15) is 4.79 Å². The summed E-state index contributed by atoms with van der Waals surface area (Å²) in [5, 5.41) is 3.93. The van der Waals surface area contributed by atoms with Gasteiger partial charge in [0.25, 0.3) is 5.91 Å². The molecule has 2 aromatic rings. The van der Waals surface area contributed by atoms with Crippen molar-refractivity contribution in [2.75, 3.05) is 20.3 Å². The maximum atomic E-state index is 12.7. The second-order valence-electron chi connectivity index (χ2n) is 6.77. The van der Waals surface area contributed by atoms with Gasteiger partial charge in [0.05, 0.1) is 6.04 Å². The van der Waals surface area contributed by atoms with Gasteiger partial charge in [0.15, 0.2) is 17.2 Å². The molecule has 1 aromatic carbocycles. The van der Waals surface area contributed by atoms with Gasteiger partial charge < -0.3 is 18.9 Å². The number of nitrogens with zero attached hydrogens (tertiary/aromatic N) is 2. The van der Waals surface area contributed by atoms with Crippen LogP contribution >= 0.6 is 0 Å². The molecule has 0 aliphatic carbocycles. The SMILES string of the molecule is CC(C)Cc1cc(C(=O)N(C)C(C)c2ccc3c(c2)OCCO3)no1. The normalized spacial score (nSPS) is 14.4. The first-order valence-corrected chi connectivity index (χ1v) is 8.58. The summed E-state index contributed by atoms with van der Waals surface area (Å²) in [5.74, 6) is 2.48. The molecule has 1 unspecified atom stereocenters. The lowest BCUT2D eigenvalue weighted by Gasteiger charge is -2.26. The van der Waals surface area contributed by atoms with Crippen LogP contribution in [0.4, 0.5) is 0 Å². The topological polar surface area (TPSA) is 64.8 Å². The first kappa shape index (κ1) is 17.3. The van der Waals surface area contributed by atoms with Gasteiger partial charge in [0, 0.05) is 19.5 Å². The zero-order valence-corrected chi connectivity index (χ0v) is 15.1. The molecule has 134 valence electrons. The van der Waals surface area contributed by atoms with Crippen molar-refractivity contribution in [3.05, 3.63) is 41.3 Å². The van der Waals surface area contributed by atoms with Gasteiger partial charge in [-0.15, -0.1) is 0 Å². The van der Waals surface area contributed by atoms with Crippen LogP contribution in [-0.4, -0.2) is 36.2 Å². The van der Waals surface area contributed by atoms with Crippen LogP contribution in [0.15, 0.2) is 28.8 Å². The van der Waals surface area contributed by atoms with Crippen LogP contribution in [0.1, 0.15) is 48.6 Å². The molecule has 6 nitrogen and oxygen atoms in total. The monoisotopic (exact) mass is 344 g/mol. The summed E-state index contributed by atoms with van der Waals surface area (Å²) in [6.07, 6.45) is 0.766. The maximum absolute atomic E-state index is 12.7. The van der Waals surface area contributed by atoms with Crippen molar-refractivity contribution in [1.29, 1.82) is 0 Å². The number of carbonyl (C=O) groups is 1. The zero-order valence-electron chi connectivity index (χ0n) is 15.1. The van der Waals surface area contributed by atoms with E-state index in [1.807, 2.05) is 25.1 Å². The number of hydrogen-bond acceptors (Lipinski definition) is 5.